The minimum atomic E-state index is 0.147. The first kappa shape index (κ1) is 11.3. The maximum Gasteiger partial charge on any atom is 0.171 e. The fraction of sp³-hybridized carbons (Fsp3) is 0.250. The highest BCUT2D eigenvalue weighted by atomic mass is 16.5. The molecule has 5 heteroatoms. The molecule has 88 valence electrons. The van der Waals surface area contributed by atoms with E-state index in [2.05, 4.69) is 10.3 Å². The standard InChI is InChI=1S/C12H13N3O2/c1-9(2)17-12-5-3-11(4-6-12)15-7-10(8-16)13-14-15/h3-9H,1-2H3. The molecular weight excluding hydrogens is 218 g/mol. The predicted octanol–water partition coefficient (Wildman–Crippen LogP) is 1.87. The lowest BCUT2D eigenvalue weighted by atomic mass is 10.3. The van der Waals surface area contributed by atoms with Gasteiger partial charge in [0.1, 0.15) is 11.4 Å². The third-order valence-corrected chi connectivity index (χ3v) is 2.10. The van der Waals surface area contributed by atoms with Crippen LogP contribution in [0.2, 0.25) is 0 Å². The Kier molecular flexibility index (Phi) is 3.18. The molecule has 2 rings (SSSR count). The Morgan fingerprint density at radius 3 is 2.53 bits per heavy atom. The lowest BCUT2D eigenvalue weighted by molar-refractivity contribution is 0.111. The van der Waals surface area contributed by atoms with Crippen LogP contribution in [0.15, 0.2) is 30.5 Å². The molecule has 0 aliphatic rings. The van der Waals surface area contributed by atoms with Gasteiger partial charge in [0.2, 0.25) is 0 Å². The molecule has 0 spiro atoms. The Balaban J connectivity index is 2.19. The fourth-order valence-electron chi connectivity index (χ4n) is 1.41. The van der Waals surface area contributed by atoms with E-state index >= 15 is 0 Å². The van der Waals surface area contributed by atoms with Crippen molar-refractivity contribution in [3.05, 3.63) is 36.2 Å². The van der Waals surface area contributed by atoms with Crippen LogP contribution in [-0.2, 0) is 0 Å². The van der Waals surface area contributed by atoms with Crippen LogP contribution in [0.1, 0.15) is 24.3 Å². The van der Waals surface area contributed by atoms with Gasteiger partial charge in [-0.1, -0.05) is 5.21 Å². The van der Waals surface area contributed by atoms with Gasteiger partial charge < -0.3 is 4.74 Å². The van der Waals surface area contributed by atoms with Crippen LogP contribution < -0.4 is 4.74 Å². The van der Waals surface area contributed by atoms with Crippen LogP contribution >= 0.6 is 0 Å². The van der Waals surface area contributed by atoms with Gasteiger partial charge in [-0.3, -0.25) is 4.79 Å². The summed E-state index contributed by atoms with van der Waals surface area (Å²) in [6.45, 7) is 3.95. The molecule has 0 N–H and O–H groups in total. The minimum Gasteiger partial charge on any atom is -0.491 e. The average molecular weight is 231 g/mol. The Bertz CT molecular complexity index is 503. The van der Waals surface area contributed by atoms with E-state index in [-0.39, 0.29) is 6.10 Å². The van der Waals surface area contributed by atoms with Crippen molar-refractivity contribution in [1.82, 2.24) is 15.0 Å². The molecule has 1 heterocycles. The van der Waals surface area contributed by atoms with Crippen molar-refractivity contribution in [3.63, 3.8) is 0 Å². The van der Waals surface area contributed by atoms with Crippen LogP contribution in [0.5, 0.6) is 5.75 Å². The zero-order chi connectivity index (χ0) is 12.3. The van der Waals surface area contributed by atoms with Gasteiger partial charge in [-0.05, 0) is 38.1 Å². The van der Waals surface area contributed by atoms with Crippen molar-refractivity contribution in [3.8, 4) is 11.4 Å². The average Bonchev–Trinajstić information content (AvgIpc) is 2.78. The van der Waals surface area contributed by atoms with Crippen molar-refractivity contribution < 1.29 is 9.53 Å². The van der Waals surface area contributed by atoms with E-state index in [1.54, 1.807) is 10.9 Å². The van der Waals surface area contributed by atoms with E-state index in [1.807, 2.05) is 38.1 Å². The molecule has 1 aromatic heterocycles. The summed E-state index contributed by atoms with van der Waals surface area (Å²) in [7, 11) is 0. The number of aromatic nitrogens is 3. The molecule has 0 aliphatic carbocycles. The Hall–Kier alpha value is -2.17. The first-order valence-corrected chi connectivity index (χ1v) is 5.33. The van der Waals surface area contributed by atoms with Crippen LogP contribution in [-0.4, -0.2) is 27.4 Å². The highest BCUT2D eigenvalue weighted by Gasteiger charge is 2.02. The van der Waals surface area contributed by atoms with Gasteiger partial charge in [-0.2, -0.15) is 0 Å². The zero-order valence-corrected chi connectivity index (χ0v) is 9.70. The zero-order valence-electron chi connectivity index (χ0n) is 9.70. The second kappa shape index (κ2) is 4.78. The Morgan fingerprint density at radius 2 is 2.00 bits per heavy atom. The third kappa shape index (κ3) is 2.69. The smallest absolute Gasteiger partial charge is 0.171 e. The largest absolute Gasteiger partial charge is 0.491 e. The molecule has 0 unspecified atom stereocenters. The molecule has 0 aliphatic heterocycles. The van der Waals surface area contributed by atoms with E-state index in [4.69, 9.17) is 4.74 Å². The fourth-order valence-corrected chi connectivity index (χ4v) is 1.41. The van der Waals surface area contributed by atoms with Crippen LogP contribution in [0, 0.1) is 0 Å². The minimum absolute atomic E-state index is 0.147. The number of benzene rings is 1. The van der Waals surface area contributed by atoms with Gasteiger partial charge >= 0.3 is 0 Å². The molecular formula is C12H13N3O2. The number of nitrogens with zero attached hydrogens (tertiary/aromatic N) is 3. The molecule has 0 amide bonds. The Labute approximate surface area is 99.0 Å². The van der Waals surface area contributed by atoms with E-state index in [9.17, 15) is 4.79 Å². The first-order valence-electron chi connectivity index (χ1n) is 5.33. The summed E-state index contributed by atoms with van der Waals surface area (Å²) in [6, 6.07) is 7.44. The number of carbonyl (C=O) groups excluding carboxylic acids is 1. The highest BCUT2D eigenvalue weighted by Crippen LogP contribution is 2.15. The van der Waals surface area contributed by atoms with E-state index < -0.39 is 0 Å². The van der Waals surface area contributed by atoms with Gasteiger partial charge in [-0.25, -0.2) is 4.68 Å². The van der Waals surface area contributed by atoms with Crippen LogP contribution in [0.3, 0.4) is 0 Å². The predicted molar refractivity (Wildman–Crippen MR) is 62.5 cm³/mol. The molecule has 5 nitrogen and oxygen atoms in total. The molecule has 0 atom stereocenters. The second-order valence-electron chi connectivity index (χ2n) is 3.87. The second-order valence-corrected chi connectivity index (χ2v) is 3.87. The summed E-state index contributed by atoms with van der Waals surface area (Å²) < 4.78 is 7.07. The molecule has 17 heavy (non-hydrogen) atoms. The first-order chi connectivity index (χ1) is 8.19. The normalized spacial score (nSPS) is 10.5. The van der Waals surface area contributed by atoms with Crippen LogP contribution in [0.4, 0.5) is 0 Å². The summed E-state index contributed by atoms with van der Waals surface area (Å²) in [6.07, 6.45) is 2.39. The molecule has 0 fully saturated rings. The lowest BCUT2D eigenvalue weighted by Crippen LogP contribution is -2.05. The highest BCUT2D eigenvalue weighted by molar-refractivity contribution is 5.70. The number of ether oxygens (including phenoxy) is 1. The maximum absolute atomic E-state index is 10.5. The summed E-state index contributed by atoms with van der Waals surface area (Å²) in [5.74, 6) is 0.805. The molecule has 2 aromatic rings. The number of hydrogen-bond donors (Lipinski definition) is 0. The lowest BCUT2D eigenvalue weighted by Gasteiger charge is -2.09. The third-order valence-electron chi connectivity index (χ3n) is 2.10. The molecule has 0 bridgehead atoms. The van der Waals surface area contributed by atoms with Crippen molar-refractivity contribution in [1.29, 1.82) is 0 Å². The van der Waals surface area contributed by atoms with Gasteiger partial charge in [0.05, 0.1) is 18.0 Å². The number of carbonyl (C=O) groups is 1. The number of hydrogen-bond acceptors (Lipinski definition) is 4. The molecule has 0 radical (unpaired) electrons. The summed E-state index contributed by atoms with van der Waals surface area (Å²) in [5.41, 5.74) is 1.15. The van der Waals surface area contributed by atoms with Crippen molar-refractivity contribution in [2.24, 2.45) is 0 Å². The number of rotatable bonds is 4. The van der Waals surface area contributed by atoms with Crippen LogP contribution in [0.25, 0.3) is 5.69 Å². The monoisotopic (exact) mass is 231 g/mol. The van der Waals surface area contributed by atoms with Crippen molar-refractivity contribution in [2.75, 3.05) is 0 Å². The summed E-state index contributed by atoms with van der Waals surface area (Å²) >= 11 is 0. The van der Waals surface area contributed by atoms with Crippen molar-refractivity contribution in [2.45, 2.75) is 20.0 Å². The molecule has 1 aromatic carbocycles. The topological polar surface area (TPSA) is 57.0 Å². The van der Waals surface area contributed by atoms with Crippen molar-refractivity contribution >= 4 is 6.29 Å². The van der Waals surface area contributed by atoms with E-state index in [0.717, 1.165) is 11.4 Å². The van der Waals surface area contributed by atoms with E-state index in [0.29, 0.717) is 12.0 Å². The van der Waals surface area contributed by atoms with Gasteiger partial charge in [0.15, 0.2) is 6.29 Å². The van der Waals surface area contributed by atoms with Gasteiger partial charge in [0.25, 0.3) is 0 Å². The summed E-state index contributed by atoms with van der Waals surface area (Å²) in [5, 5.41) is 7.54. The maximum atomic E-state index is 10.5. The molecule has 0 saturated carbocycles. The quantitative estimate of drug-likeness (QED) is 0.754. The van der Waals surface area contributed by atoms with Gasteiger partial charge in [0, 0.05) is 0 Å². The number of aldehydes is 1. The SMILES string of the molecule is CC(C)Oc1ccc(-n2cc(C=O)nn2)cc1. The Morgan fingerprint density at radius 1 is 1.29 bits per heavy atom. The molecule has 0 saturated heterocycles. The van der Waals surface area contributed by atoms with Gasteiger partial charge in [-0.15, -0.1) is 5.10 Å². The summed E-state index contributed by atoms with van der Waals surface area (Å²) in [4.78, 5) is 10.5. The van der Waals surface area contributed by atoms with E-state index in [1.165, 1.54) is 0 Å².